The lowest BCUT2D eigenvalue weighted by molar-refractivity contribution is 0.104. The van der Waals surface area contributed by atoms with Crippen LogP contribution in [0.2, 0.25) is 5.15 Å². The van der Waals surface area contributed by atoms with Crippen LogP contribution in [0.4, 0.5) is 5.69 Å². The number of para-hydroxylation sites is 1. The fourth-order valence-corrected chi connectivity index (χ4v) is 3.24. The third kappa shape index (κ3) is 2.22. The number of allylic oxidation sites excluding steroid dienone is 2. The summed E-state index contributed by atoms with van der Waals surface area (Å²) in [7, 11) is 1.98. The van der Waals surface area contributed by atoms with Crippen LogP contribution < -0.4 is 4.90 Å². The molecule has 2 aromatic rings. The number of aromatic nitrogens is 1. The van der Waals surface area contributed by atoms with Gasteiger partial charge in [-0.05, 0) is 23.8 Å². The first-order chi connectivity index (χ1) is 10.4. The third-order valence-electron chi connectivity index (χ3n) is 4.23. The fraction of sp³-hybridized carbons (Fsp3) is 0.222. The van der Waals surface area contributed by atoms with Crippen molar-refractivity contribution in [3.63, 3.8) is 0 Å². The molecule has 0 N–H and O–H groups in total. The summed E-state index contributed by atoms with van der Waals surface area (Å²) in [6.45, 7) is 4.25. The predicted octanol–water partition coefficient (Wildman–Crippen LogP) is 4.23. The predicted molar refractivity (Wildman–Crippen MR) is 89.5 cm³/mol. The molecule has 0 spiro atoms. The highest BCUT2D eigenvalue weighted by atomic mass is 35.5. The monoisotopic (exact) mass is 312 g/mol. The van der Waals surface area contributed by atoms with E-state index in [2.05, 4.69) is 35.9 Å². The Bertz CT molecular complexity index is 780. The summed E-state index contributed by atoms with van der Waals surface area (Å²) < 4.78 is 0. The summed E-state index contributed by atoms with van der Waals surface area (Å²) in [6, 6.07) is 11.6. The summed E-state index contributed by atoms with van der Waals surface area (Å²) in [5.74, 6) is -0.124. The van der Waals surface area contributed by atoms with Crippen LogP contribution >= 0.6 is 11.6 Å². The molecule has 0 unspecified atom stereocenters. The lowest BCUT2D eigenvalue weighted by atomic mass is 9.83. The number of benzene rings is 1. The number of ketones is 1. The Hall–Kier alpha value is -2.13. The zero-order chi connectivity index (χ0) is 15.9. The molecular formula is C18H17ClN2O. The number of anilines is 1. The minimum atomic E-state index is -0.226. The van der Waals surface area contributed by atoms with Gasteiger partial charge in [0.05, 0.1) is 5.56 Å². The van der Waals surface area contributed by atoms with Gasteiger partial charge in [0.15, 0.2) is 5.78 Å². The minimum absolute atomic E-state index is 0.124. The van der Waals surface area contributed by atoms with Gasteiger partial charge in [0.2, 0.25) is 0 Å². The van der Waals surface area contributed by atoms with E-state index < -0.39 is 0 Å². The summed E-state index contributed by atoms with van der Waals surface area (Å²) in [6.07, 6.45) is 3.25. The lowest BCUT2D eigenvalue weighted by Crippen LogP contribution is -2.24. The largest absolute Gasteiger partial charge is 0.347 e. The molecule has 112 valence electrons. The zero-order valence-corrected chi connectivity index (χ0v) is 13.6. The van der Waals surface area contributed by atoms with E-state index in [1.165, 1.54) is 5.56 Å². The Morgan fingerprint density at radius 2 is 1.95 bits per heavy atom. The quantitative estimate of drug-likeness (QED) is 0.473. The van der Waals surface area contributed by atoms with Gasteiger partial charge in [-0.1, -0.05) is 43.6 Å². The SMILES string of the molecule is CN1/C(=C\C(=O)c2cccnc2Cl)C(C)(C)c2ccccc21. The highest BCUT2D eigenvalue weighted by Crippen LogP contribution is 2.46. The molecule has 0 amide bonds. The highest BCUT2D eigenvalue weighted by Gasteiger charge is 2.38. The van der Waals surface area contributed by atoms with Crippen LogP contribution in [0.3, 0.4) is 0 Å². The van der Waals surface area contributed by atoms with Crippen LogP contribution in [0.1, 0.15) is 29.8 Å². The molecule has 2 heterocycles. The minimum Gasteiger partial charge on any atom is -0.347 e. The molecule has 3 nitrogen and oxygen atoms in total. The molecule has 0 radical (unpaired) electrons. The van der Waals surface area contributed by atoms with Gasteiger partial charge in [0.25, 0.3) is 0 Å². The molecule has 0 saturated heterocycles. The number of hydrogen-bond donors (Lipinski definition) is 0. The first-order valence-electron chi connectivity index (χ1n) is 7.13. The van der Waals surface area contributed by atoms with Crippen LogP contribution in [0, 0.1) is 0 Å². The van der Waals surface area contributed by atoms with E-state index >= 15 is 0 Å². The Morgan fingerprint density at radius 1 is 1.23 bits per heavy atom. The molecule has 0 aliphatic carbocycles. The third-order valence-corrected chi connectivity index (χ3v) is 4.53. The van der Waals surface area contributed by atoms with Crippen LogP contribution in [0.5, 0.6) is 0 Å². The second kappa shape index (κ2) is 5.25. The van der Waals surface area contributed by atoms with E-state index in [4.69, 9.17) is 11.6 Å². The first kappa shape index (κ1) is 14.8. The van der Waals surface area contributed by atoms with Crippen molar-refractivity contribution in [3.05, 3.63) is 70.6 Å². The van der Waals surface area contributed by atoms with Crippen LogP contribution in [0.15, 0.2) is 54.4 Å². The van der Waals surface area contributed by atoms with E-state index in [-0.39, 0.29) is 16.4 Å². The maximum atomic E-state index is 12.6. The molecule has 1 aliphatic heterocycles. The van der Waals surface area contributed by atoms with Gasteiger partial charge in [-0.2, -0.15) is 0 Å². The molecule has 1 aromatic carbocycles. The number of rotatable bonds is 2. The molecule has 22 heavy (non-hydrogen) atoms. The Balaban J connectivity index is 2.06. The zero-order valence-electron chi connectivity index (χ0n) is 12.8. The maximum absolute atomic E-state index is 12.6. The van der Waals surface area contributed by atoms with E-state index in [1.807, 2.05) is 19.2 Å². The number of hydrogen-bond acceptors (Lipinski definition) is 3. The molecule has 0 bridgehead atoms. The van der Waals surface area contributed by atoms with Crippen molar-refractivity contribution in [1.29, 1.82) is 0 Å². The number of halogens is 1. The number of carbonyl (C=O) groups excluding carboxylic acids is 1. The van der Waals surface area contributed by atoms with Crippen molar-refractivity contribution >= 4 is 23.1 Å². The molecule has 0 fully saturated rings. The Kier molecular flexibility index (Phi) is 3.53. The normalized spacial score (nSPS) is 17.6. The summed E-state index contributed by atoms with van der Waals surface area (Å²) in [5, 5.41) is 0.236. The van der Waals surface area contributed by atoms with Crippen LogP contribution in [-0.4, -0.2) is 17.8 Å². The van der Waals surface area contributed by atoms with Gasteiger partial charge >= 0.3 is 0 Å². The molecule has 0 saturated carbocycles. The first-order valence-corrected chi connectivity index (χ1v) is 7.51. The van der Waals surface area contributed by atoms with Crippen LogP contribution in [-0.2, 0) is 5.41 Å². The van der Waals surface area contributed by atoms with E-state index in [1.54, 1.807) is 24.4 Å². The number of nitrogens with zero attached hydrogens (tertiary/aromatic N) is 2. The van der Waals surface area contributed by atoms with Crippen molar-refractivity contribution in [3.8, 4) is 0 Å². The average molecular weight is 313 g/mol. The van der Waals surface area contributed by atoms with Gasteiger partial charge in [-0.25, -0.2) is 4.98 Å². The van der Waals surface area contributed by atoms with Crippen molar-refractivity contribution in [2.24, 2.45) is 0 Å². The average Bonchev–Trinajstić information content (AvgIpc) is 2.69. The van der Waals surface area contributed by atoms with Gasteiger partial charge in [-0.15, -0.1) is 0 Å². The number of carbonyl (C=O) groups is 1. The van der Waals surface area contributed by atoms with Crippen molar-refractivity contribution in [2.45, 2.75) is 19.3 Å². The van der Waals surface area contributed by atoms with Crippen molar-refractivity contribution < 1.29 is 4.79 Å². The number of pyridine rings is 1. The maximum Gasteiger partial charge on any atom is 0.190 e. The molecule has 1 aliphatic rings. The molecule has 1 aromatic heterocycles. The summed E-state index contributed by atoms with van der Waals surface area (Å²) in [5.41, 5.74) is 3.50. The molecule has 3 rings (SSSR count). The Morgan fingerprint density at radius 3 is 2.64 bits per heavy atom. The molecular weight excluding hydrogens is 296 g/mol. The summed E-state index contributed by atoms with van der Waals surface area (Å²) in [4.78, 5) is 18.6. The van der Waals surface area contributed by atoms with E-state index in [0.29, 0.717) is 5.56 Å². The Labute approximate surface area is 135 Å². The number of fused-ring (bicyclic) bond motifs is 1. The standard InChI is InChI=1S/C18H17ClN2O/c1-18(2)13-8-4-5-9-14(13)21(3)16(18)11-15(22)12-7-6-10-20-17(12)19/h4-11H,1-3H3/b16-11-. The van der Waals surface area contributed by atoms with Gasteiger partial charge < -0.3 is 4.90 Å². The van der Waals surface area contributed by atoms with E-state index in [0.717, 1.165) is 11.4 Å². The number of likely N-dealkylation sites (N-methyl/N-ethyl adjacent to an activating group) is 1. The second-order valence-electron chi connectivity index (χ2n) is 5.94. The fourth-order valence-electron chi connectivity index (χ4n) is 3.03. The highest BCUT2D eigenvalue weighted by molar-refractivity contribution is 6.33. The second-order valence-corrected chi connectivity index (χ2v) is 6.29. The van der Waals surface area contributed by atoms with Crippen molar-refractivity contribution in [1.82, 2.24) is 4.98 Å². The lowest BCUT2D eigenvalue weighted by Gasteiger charge is -2.24. The smallest absolute Gasteiger partial charge is 0.190 e. The van der Waals surface area contributed by atoms with Gasteiger partial charge in [-0.3, -0.25) is 4.79 Å². The van der Waals surface area contributed by atoms with E-state index in [9.17, 15) is 4.79 Å². The van der Waals surface area contributed by atoms with Gasteiger partial charge in [0.1, 0.15) is 5.15 Å². The summed E-state index contributed by atoms with van der Waals surface area (Å²) >= 11 is 6.03. The van der Waals surface area contributed by atoms with Crippen LogP contribution in [0.25, 0.3) is 0 Å². The van der Waals surface area contributed by atoms with Crippen molar-refractivity contribution in [2.75, 3.05) is 11.9 Å². The molecule has 4 heteroatoms. The topological polar surface area (TPSA) is 33.2 Å². The van der Waals surface area contributed by atoms with Gasteiger partial charge in [0, 0.05) is 36.1 Å². The molecule has 0 atom stereocenters.